The number of benzene rings is 8. The van der Waals surface area contributed by atoms with E-state index in [0.29, 0.717) is 79.0 Å². The molecule has 0 spiro atoms. The summed E-state index contributed by atoms with van der Waals surface area (Å²) in [5.74, 6) is -0.170. The van der Waals surface area contributed by atoms with Crippen LogP contribution in [0.25, 0.3) is 64.6 Å². The van der Waals surface area contributed by atoms with Crippen LogP contribution in [0.1, 0.15) is 0 Å². The fourth-order valence-corrected chi connectivity index (χ4v) is 8.43. The van der Waals surface area contributed by atoms with E-state index in [1.807, 2.05) is 12.1 Å². The lowest BCUT2D eigenvalue weighted by Crippen LogP contribution is -2.39. The summed E-state index contributed by atoms with van der Waals surface area (Å²) in [6, 6.07) is 37.9. The maximum absolute atomic E-state index is 13.5. The Kier molecular flexibility index (Phi) is 11.5. The summed E-state index contributed by atoms with van der Waals surface area (Å²) in [4.78, 5) is 31.1. The Morgan fingerprint density at radius 1 is 0.397 bits per heavy atom. The summed E-state index contributed by atoms with van der Waals surface area (Å²) in [6.07, 6.45) is 0. The van der Waals surface area contributed by atoms with Crippen molar-refractivity contribution in [1.82, 2.24) is 9.80 Å². The van der Waals surface area contributed by atoms with Crippen molar-refractivity contribution in [1.29, 1.82) is 0 Å². The Morgan fingerprint density at radius 2 is 0.707 bits per heavy atom. The third-order valence-corrected chi connectivity index (χ3v) is 11.3. The van der Waals surface area contributed by atoms with Gasteiger partial charge in [-0.05, 0) is 66.0 Å². The van der Waals surface area contributed by atoms with Crippen LogP contribution in [-0.2, 0) is 28.5 Å². The van der Waals surface area contributed by atoms with E-state index >= 15 is 0 Å². The second-order valence-corrected chi connectivity index (χ2v) is 15.0. The summed E-state index contributed by atoms with van der Waals surface area (Å²) in [7, 11) is 0. The minimum absolute atomic E-state index is 0.0852. The summed E-state index contributed by atoms with van der Waals surface area (Å²) >= 11 is 0. The maximum atomic E-state index is 13.5. The van der Waals surface area contributed by atoms with Crippen molar-refractivity contribution < 1.29 is 28.5 Å². The molecule has 10 heteroatoms. The van der Waals surface area contributed by atoms with Gasteiger partial charge < -0.3 is 29.6 Å². The predicted octanol–water partition coefficient (Wildman–Crippen LogP) is 7.74. The number of nitrogens with one attached hydrogen (secondary N) is 2. The molecule has 0 atom stereocenters. The van der Waals surface area contributed by atoms with Gasteiger partial charge >= 0.3 is 0 Å². The molecular weight excluding hydrogens is 729 g/mol. The molecule has 58 heavy (non-hydrogen) atoms. The molecule has 10 nitrogen and oxygen atoms in total. The highest BCUT2D eigenvalue weighted by Gasteiger charge is 2.17. The number of ether oxygens (including phenoxy) is 4. The van der Waals surface area contributed by atoms with Gasteiger partial charge in [0.15, 0.2) is 0 Å². The molecule has 1 fully saturated rings. The van der Waals surface area contributed by atoms with E-state index in [1.165, 1.54) is 43.1 Å². The van der Waals surface area contributed by atoms with E-state index in [-0.39, 0.29) is 24.9 Å². The van der Waals surface area contributed by atoms with Gasteiger partial charge in [-0.25, -0.2) is 0 Å². The Hall–Kier alpha value is -5.46. The van der Waals surface area contributed by atoms with Crippen LogP contribution >= 0.6 is 0 Å². The highest BCUT2D eigenvalue weighted by atomic mass is 16.5. The fraction of sp³-hybridized carbons (Fsp3) is 0.292. The zero-order chi connectivity index (χ0) is 39.3. The van der Waals surface area contributed by atoms with Crippen LogP contribution in [0.3, 0.4) is 0 Å². The molecule has 8 aromatic carbocycles. The maximum Gasteiger partial charge on any atom is 0.238 e. The number of hydrogen-bond donors (Lipinski definition) is 2. The standard InChI is InChI=1S/C48H48N4O6/c53-43(49-41-17-13-37-9-7-33-3-1-5-35-11-15-39(41)47(37)45(33)35)31-51-19-23-55-27-29-57-25-21-52(22-26-58-30-28-56-24-20-51)32-44(54)50-42-18-14-38-10-8-34-4-2-6-36-12-16-40(42)48(38)46(34)36/h1-18H,19-32H2,(H,49,53)(H,50,54). The largest absolute Gasteiger partial charge is 0.378 e. The Morgan fingerprint density at radius 3 is 1.07 bits per heavy atom. The summed E-state index contributed by atoms with van der Waals surface area (Å²) in [5.41, 5.74) is 1.61. The number of hydrogen-bond acceptors (Lipinski definition) is 8. The second-order valence-electron chi connectivity index (χ2n) is 15.0. The highest BCUT2D eigenvalue weighted by molar-refractivity contribution is 6.27. The molecule has 1 aliphatic heterocycles. The number of nitrogens with zero attached hydrogens (tertiary/aromatic N) is 2. The van der Waals surface area contributed by atoms with Crippen LogP contribution in [0.15, 0.2) is 109 Å². The molecular formula is C48H48N4O6. The number of amides is 2. The quantitative estimate of drug-likeness (QED) is 0.166. The van der Waals surface area contributed by atoms with E-state index in [2.05, 4.69) is 117 Å². The molecule has 2 amide bonds. The molecule has 0 unspecified atom stereocenters. The van der Waals surface area contributed by atoms with Gasteiger partial charge in [-0.15, -0.1) is 0 Å². The first kappa shape index (κ1) is 38.1. The molecule has 0 bridgehead atoms. The minimum atomic E-state index is -0.0852. The first-order chi connectivity index (χ1) is 28.6. The SMILES string of the molecule is O=C(CN1CCOCCOCCN(CC(=O)Nc2ccc3ccc4cccc5ccc2c3c45)CCOCCOCC1)Nc1ccc2ccc3cccc4ccc1c2c34. The first-order valence-electron chi connectivity index (χ1n) is 20.3. The van der Waals surface area contributed by atoms with Crippen molar-refractivity contribution in [3.05, 3.63) is 109 Å². The smallest absolute Gasteiger partial charge is 0.238 e. The van der Waals surface area contributed by atoms with Crippen molar-refractivity contribution in [2.24, 2.45) is 0 Å². The second kappa shape index (κ2) is 17.6. The van der Waals surface area contributed by atoms with Crippen LogP contribution < -0.4 is 10.6 Å². The average molecular weight is 777 g/mol. The minimum Gasteiger partial charge on any atom is -0.378 e. The fourth-order valence-electron chi connectivity index (χ4n) is 8.43. The first-order valence-corrected chi connectivity index (χ1v) is 20.3. The third-order valence-electron chi connectivity index (χ3n) is 11.3. The molecule has 9 rings (SSSR count). The number of rotatable bonds is 6. The van der Waals surface area contributed by atoms with Crippen molar-refractivity contribution in [3.8, 4) is 0 Å². The van der Waals surface area contributed by atoms with Crippen LogP contribution in [0.4, 0.5) is 11.4 Å². The lowest BCUT2D eigenvalue weighted by Gasteiger charge is -2.23. The van der Waals surface area contributed by atoms with E-state index in [9.17, 15) is 9.59 Å². The van der Waals surface area contributed by atoms with Gasteiger partial charge in [-0.3, -0.25) is 19.4 Å². The van der Waals surface area contributed by atoms with Gasteiger partial charge in [0.2, 0.25) is 11.8 Å². The molecule has 0 aliphatic carbocycles. The zero-order valence-electron chi connectivity index (χ0n) is 32.6. The predicted molar refractivity (Wildman–Crippen MR) is 234 cm³/mol. The van der Waals surface area contributed by atoms with Crippen molar-refractivity contribution in [2.45, 2.75) is 0 Å². The van der Waals surface area contributed by atoms with Gasteiger partial charge in [0.05, 0.1) is 65.9 Å². The number of carbonyl (C=O) groups excluding carboxylic acids is 2. The van der Waals surface area contributed by atoms with Crippen LogP contribution in [0.2, 0.25) is 0 Å². The zero-order valence-corrected chi connectivity index (χ0v) is 32.6. The molecule has 0 aromatic heterocycles. The highest BCUT2D eigenvalue weighted by Crippen LogP contribution is 2.39. The Labute approximate surface area is 337 Å². The summed E-state index contributed by atoms with van der Waals surface area (Å²) in [5, 5.41) is 20.3. The van der Waals surface area contributed by atoms with Gasteiger partial charge in [0, 0.05) is 48.3 Å². The van der Waals surface area contributed by atoms with Crippen molar-refractivity contribution >= 4 is 87.8 Å². The summed E-state index contributed by atoms with van der Waals surface area (Å²) in [6.45, 7) is 6.22. The Balaban J connectivity index is 0.772. The molecule has 1 saturated heterocycles. The third kappa shape index (κ3) is 8.26. The monoisotopic (exact) mass is 776 g/mol. The number of carbonyl (C=O) groups is 2. The van der Waals surface area contributed by atoms with Gasteiger partial charge in [0.25, 0.3) is 0 Å². The van der Waals surface area contributed by atoms with Crippen LogP contribution in [0.5, 0.6) is 0 Å². The summed E-state index contributed by atoms with van der Waals surface area (Å²) < 4.78 is 23.7. The van der Waals surface area contributed by atoms with Gasteiger partial charge in [0.1, 0.15) is 0 Å². The number of anilines is 2. The Bertz CT molecular complexity index is 2450. The molecule has 0 saturated carbocycles. The topological polar surface area (TPSA) is 102 Å². The van der Waals surface area contributed by atoms with E-state index in [0.717, 1.165) is 32.9 Å². The van der Waals surface area contributed by atoms with Crippen molar-refractivity contribution in [3.63, 3.8) is 0 Å². The molecule has 2 N–H and O–H groups in total. The van der Waals surface area contributed by atoms with Crippen LogP contribution in [0, 0.1) is 0 Å². The normalized spacial score (nSPS) is 16.7. The lowest BCUT2D eigenvalue weighted by molar-refractivity contribution is -0.118. The van der Waals surface area contributed by atoms with Crippen LogP contribution in [-0.4, -0.2) is 114 Å². The van der Waals surface area contributed by atoms with E-state index < -0.39 is 0 Å². The molecule has 1 aliphatic rings. The molecule has 8 aromatic rings. The van der Waals surface area contributed by atoms with E-state index in [1.54, 1.807) is 0 Å². The average Bonchev–Trinajstić information content (AvgIpc) is 3.24. The lowest BCUT2D eigenvalue weighted by atomic mass is 9.93. The van der Waals surface area contributed by atoms with E-state index in [4.69, 9.17) is 18.9 Å². The van der Waals surface area contributed by atoms with Crippen molar-refractivity contribution in [2.75, 3.05) is 103 Å². The van der Waals surface area contributed by atoms with Gasteiger partial charge in [-0.1, -0.05) is 97.1 Å². The van der Waals surface area contributed by atoms with Gasteiger partial charge in [-0.2, -0.15) is 0 Å². The molecule has 1 heterocycles. The molecule has 296 valence electrons. The molecule has 0 radical (unpaired) electrons.